The fourth-order valence-corrected chi connectivity index (χ4v) is 2.41. The largest absolute Gasteiger partial charge is 0.470 e. The quantitative estimate of drug-likeness (QED) is 0.870. The first kappa shape index (κ1) is 13.9. The second kappa shape index (κ2) is 5.37. The Labute approximate surface area is 126 Å². The fourth-order valence-electron chi connectivity index (χ4n) is 2.24. The standard InChI is InChI=1S/C14H14ClN3O3/c1-8-12(9(2)21-17-8)14(19)18-6-10(7-18)20-13-11(15)4-3-5-16-13/h3-5,10H,6-7H2,1-2H3. The minimum absolute atomic E-state index is 0.0850. The molecule has 6 nitrogen and oxygen atoms in total. The van der Waals surface area contributed by atoms with Gasteiger partial charge in [0, 0.05) is 6.20 Å². The molecule has 0 spiro atoms. The number of amides is 1. The Morgan fingerprint density at radius 2 is 2.24 bits per heavy atom. The topological polar surface area (TPSA) is 68.5 Å². The molecule has 0 aromatic carbocycles. The van der Waals surface area contributed by atoms with Crippen molar-refractivity contribution in [3.63, 3.8) is 0 Å². The van der Waals surface area contributed by atoms with Crippen LogP contribution in [0.25, 0.3) is 0 Å². The second-order valence-corrected chi connectivity index (χ2v) is 5.35. The Balaban J connectivity index is 1.61. The lowest BCUT2D eigenvalue weighted by Gasteiger charge is -2.38. The summed E-state index contributed by atoms with van der Waals surface area (Å²) in [5.41, 5.74) is 1.14. The summed E-state index contributed by atoms with van der Waals surface area (Å²) < 4.78 is 10.7. The van der Waals surface area contributed by atoms with Crippen LogP contribution in [0, 0.1) is 13.8 Å². The predicted molar refractivity (Wildman–Crippen MR) is 75.5 cm³/mol. The number of halogens is 1. The summed E-state index contributed by atoms with van der Waals surface area (Å²) in [7, 11) is 0. The van der Waals surface area contributed by atoms with E-state index in [0.29, 0.717) is 41.0 Å². The molecule has 1 aliphatic rings. The van der Waals surface area contributed by atoms with E-state index in [4.69, 9.17) is 20.9 Å². The molecule has 0 atom stereocenters. The smallest absolute Gasteiger partial charge is 0.259 e. The Morgan fingerprint density at radius 3 is 2.86 bits per heavy atom. The Kier molecular flexibility index (Phi) is 3.55. The third-order valence-corrected chi connectivity index (χ3v) is 3.67. The lowest BCUT2D eigenvalue weighted by molar-refractivity contribution is 0.0159. The molecule has 0 unspecified atom stereocenters. The molecule has 0 N–H and O–H groups in total. The van der Waals surface area contributed by atoms with Crippen molar-refractivity contribution in [2.45, 2.75) is 20.0 Å². The lowest BCUT2D eigenvalue weighted by Crippen LogP contribution is -2.56. The van der Waals surface area contributed by atoms with Crippen LogP contribution in [0.15, 0.2) is 22.9 Å². The van der Waals surface area contributed by atoms with E-state index in [0.717, 1.165) is 0 Å². The van der Waals surface area contributed by atoms with Crippen LogP contribution in [0.5, 0.6) is 5.88 Å². The molecule has 0 saturated carbocycles. The van der Waals surface area contributed by atoms with Crippen LogP contribution in [-0.2, 0) is 0 Å². The molecule has 1 amide bonds. The normalized spacial score (nSPS) is 14.9. The van der Waals surface area contributed by atoms with Crippen molar-refractivity contribution in [2.75, 3.05) is 13.1 Å². The monoisotopic (exact) mass is 307 g/mol. The number of pyridine rings is 1. The highest BCUT2D eigenvalue weighted by Crippen LogP contribution is 2.25. The first-order valence-electron chi connectivity index (χ1n) is 6.55. The van der Waals surface area contributed by atoms with Gasteiger partial charge in [-0.1, -0.05) is 16.8 Å². The maximum absolute atomic E-state index is 12.3. The summed E-state index contributed by atoms with van der Waals surface area (Å²) in [4.78, 5) is 18.1. The number of likely N-dealkylation sites (tertiary alicyclic amines) is 1. The summed E-state index contributed by atoms with van der Waals surface area (Å²) in [6, 6.07) is 3.46. The van der Waals surface area contributed by atoms with Gasteiger partial charge in [0.15, 0.2) is 0 Å². The minimum Gasteiger partial charge on any atom is -0.470 e. The number of ether oxygens (including phenoxy) is 1. The number of rotatable bonds is 3. The molecule has 0 radical (unpaired) electrons. The Hall–Kier alpha value is -2.08. The SMILES string of the molecule is Cc1noc(C)c1C(=O)N1CC(Oc2ncccc2Cl)C1. The molecule has 7 heteroatoms. The zero-order valence-electron chi connectivity index (χ0n) is 11.7. The van der Waals surface area contributed by atoms with Crippen molar-refractivity contribution in [3.05, 3.63) is 40.4 Å². The zero-order valence-corrected chi connectivity index (χ0v) is 12.4. The molecule has 0 aliphatic carbocycles. The van der Waals surface area contributed by atoms with Gasteiger partial charge in [-0.2, -0.15) is 0 Å². The summed E-state index contributed by atoms with van der Waals surface area (Å²) >= 11 is 5.98. The molecule has 21 heavy (non-hydrogen) atoms. The summed E-state index contributed by atoms with van der Waals surface area (Å²) in [6.45, 7) is 4.48. The van der Waals surface area contributed by atoms with Crippen molar-refractivity contribution >= 4 is 17.5 Å². The van der Waals surface area contributed by atoms with E-state index >= 15 is 0 Å². The molecule has 2 aromatic rings. The van der Waals surface area contributed by atoms with Crippen LogP contribution >= 0.6 is 11.6 Å². The molecule has 1 saturated heterocycles. The highest BCUT2D eigenvalue weighted by molar-refractivity contribution is 6.31. The number of hydrogen-bond acceptors (Lipinski definition) is 5. The number of aryl methyl sites for hydroxylation is 2. The van der Waals surface area contributed by atoms with Crippen LogP contribution in [0.2, 0.25) is 5.02 Å². The van der Waals surface area contributed by atoms with Gasteiger partial charge in [0.2, 0.25) is 5.88 Å². The van der Waals surface area contributed by atoms with Gasteiger partial charge in [0.25, 0.3) is 5.91 Å². The van der Waals surface area contributed by atoms with E-state index in [2.05, 4.69) is 10.1 Å². The van der Waals surface area contributed by atoms with Gasteiger partial charge in [-0.3, -0.25) is 4.79 Å². The van der Waals surface area contributed by atoms with Gasteiger partial charge in [0.1, 0.15) is 22.5 Å². The molecule has 3 heterocycles. The highest BCUT2D eigenvalue weighted by Gasteiger charge is 2.35. The van der Waals surface area contributed by atoms with E-state index in [-0.39, 0.29) is 12.0 Å². The highest BCUT2D eigenvalue weighted by atomic mass is 35.5. The van der Waals surface area contributed by atoms with Gasteiger partial charge < -0.3 is 14.2 Å². The fraction of sp³-hybridized carbons (Fsp3) is 0.357. The number of aromatic nitrogens is 2. The van der Waals surface area contributed by atoms with Gasteiger partial charge in [0.05, 0.1) is 18.8 Å². The molecule has 1 fully saturated rings. The van der Waals surface area contributed by atoms with E-state index in [1.807, 2.05) is 0 Å². The predicted octanol–water partition coefficient (Wildman–Crippen LogP) is 2.24. The van der Waals surface area contributed by atoms with Crippen molar-refractivity contribution < 1.29 is 14.1 Å². The van der Waals surface area contributed by atoms with Crippen LogP contribution in [-0.4, -0.2) is 40.1 Å². The van der Waals surface area contributed by atoms with Gasteiger partial charge in [-0.15, -0.1) is 0 Å². The van der Waals surface area contributed by atoms with Gasteiger partial charge >= 0.3 is 0 Å². The van der Waals surface area contributed by atoms with Crippen molar-refractivity contribution in [3.8, 4) is 5.88 Å². The van der Waals surface area contributed by atoms with Crippen LogP contribution in [0.1, 0.15) is 21.8 Å². The molecular weight excluding hydrogens is 294 g/mol. The van der Waals surface area contributed by atoms with E-state index in [1.54, 1.807) is 37.1 Å². The average molecular weight is 308 g/mol. The Morgan fingerprint density at radius 1 is 1.48 bits per heavy atom. The number of hydrogen-bond donors (Lipinski definition) is 0. The molecule has 0 bridgehead atoms. The van der Waals surface area contributed by atoms with E-state index < -0.39 is 0 Å². The third-order valence-electron chi connectivity index (χ3n) is 3.39. The molecule has 110 valence electrons. The van der Waals surface area contributed by atoms with Gasteiger partial charge in [-0.25, -0.2) is 4.98 Å². The number of carbonyl (C=O) groups is 1. The van der Waals surface area contributed by atoms with Crippen LogP contribution < -0.4 is 4.74 Å². The second-order valence-electron chi connectivity index (χ2n) is 4.94. The summed E-state index contributed by atoms with van der Waals surface area (Å²) in [6.07, 6.45) is 1.52. The van der Waals surface area contributed by atoms with E-state index in [1.165, 1.54) is 0 Å². The average Bonchev–Trinajstić information content (AvgIpc) is 2.74. The zero-order chi connectivity index (χ0) is 15.0. The lowest BCUT2D eigenvalue weighted by atomic mass is 10.1. The molecule has 3 rings (SSSR count). The van der Waals surface area contributed by atoms with Crippen molar-refractivity contribution in [2.24, 2.45) is 0 Å². The third kappa shape index (κ3) is 2.58. The first-order chi connectivity index (χ1) is 10.1. The number of carbonyl (C=O) groups excluding carboxylic acids is 1. The van der Waals surface area contributed by atoms with Crippen molar-refractivity contribution in [1.82, 2.24) is 15.0 Å². The first-order valence-corrected chi connectivity index (χ1v) is 6.93. The van der Waals surface area contributed by atoms with Gasteiger partial charge in [-0.05, 0) is 26.0 Å². The Bertz CT molecular complexity index is 660. The minimum atomic E-state index is -0.0955. The van der Waals surface area contributed by atoms with Crippen molar-refractivity contribution in [1.29, 1.82) is 0 Å². The molecular formula is C14H14ClN3O3. The number of nitrogens with zero attached hydrogens (tertiary/aromatic N) is 3. The molecule has 1 aliphatic heterocycles. The van der Waals surface area contributed by atoms with Crippen LogP contribution in [0.3, 0.4) is 0 Å². The maximum Gasteiger partial charge on any atom is 0.259 e. The summed E-state index contributed by atoms with van der Waals surface area (Å²) in [5.74, 6) is 0.849. The van der Waals surface area contributed by atoms with Crippen LogP contribution in [0.4, 0.5) is 0 Å². The summed E-state index contributed by atoms with van der Waals surface area (Å²) in [5, 5.41) is 4.26. The van der Waals surface area contributed by atoms with E-state index in [9.17, 15) is 4.79 Å². The maximum atomic E-state index is 12.3. The molecule has 2 aromatic heterocycles.